The van der Waals surface area contributed by atoms with Gasteiger partial charge < -0.3 is 4.74 Å². The van der Waals surface area contributed by atoms with Gasteiger partial charge in [-0.25, -0.2) is 0 Å². The minimum atomic E-state index is 0.0596. The zero-order valence-corrected chi connectivity index (χ0v) is 12.6. The molecule has 1 aromatic rings. The fourth-order valence-corrected chi connectivity index (χ4v) is 4.73. The smallest absolute Gasteiger partial charge is 0.139 e. The molecule has 21 heavy (non-hydrogen) atoms. The summed E-state index contributed by atoms with van der Waals surface area (Å²) in [5.74, 6) is 0.987. The number of hydrogen-bond donors (Lipinski definition) is 0. The Morgan fingerprint density at radius 2 is 1.71 bits per heavy atom. The minimum absolute atomic E-state index is 0.0596. The second-order valence-electron chi connectivity index (χ2n) is 7.20. The summed E-state index contributed by atoms with van der Waals surface area (Å²) in [6, 6.07) is 8.55. The molecule has 4 rings (SSSR count). The van der Waals surface area contributed by atoms with E-state index in [4.69, 9.17) is 4.74 Å². The average molecular weight is 284 g/mol. The molecular weight excluding hydrogens is 260 g/mol. The molecular formula is C19H24O2. The van der Waals surface area contributed by atoms with Gasteiger partial charge in [-0.1, -0.05) is 37.1 Å². The largest absolute Gasteiger partial charge is 0.375 e. The van der Waals surface area contributed by atoms with Crippen molar-refractivity contribution in [1.82, 2.24) is 0 Å². The molecule has 1 saturated heterocycles. The van der Waals surface area contributed by atoms with Crippen LogP contribution in [0.3, 0.4) is 0 Å². The van der Waals surface area contributed by atoms with Gasteiger partial charge >= 0.3 is 0 Å². The van der Waals surface area contributed by atoms with E-state index in [1.54, 1.807) is 0 Å². The first kappa shape index (κ1) is 13.5. The van der Waals surface area contributed by atoms with Crippen LogP contribution in [0, 0.1) is 11.8 Å². The maximum absolute atomic E-state index is 13.0. The normalized spacial score (nSPS) is 27.9. The number of carbonyl (C=O) groups excluding carboxylic acids is 1. The standard InChI is InChI=1S/C19H24O2/c20-18(17-11-14-5-1-2-6-15(14)12-17)16-7-10-21-19(13-16)8-3-4-9-19/h1-2,5-6,16-17H,3-4,7-13H2. The van der Waals surface area contributed by atoms with Crippen LogP contribution in [0.2, 0.25) is 0 Å². The lowest BCUT2D eigenvalue weighted by atomic mass is 9.78. The van der Waals surface area contributed by atoms with Crippen molar-refractivity contribution in [1.29, 1.82) is 0 Å². The molecule has 2 heteroatoms. The third kappa shape index (κ3) is 2.44. The van der Waals surface area contributed by atoms with Crippen molar-refractivity contribution in [3.8, 4) is 0 Å². The molecule has 0 aromatic heterocycles. The number of fused-ring (bicyclic) bond motifs is 1. The summed E-state index contributed by atoms with van der Waals surface area (Å²) in [5.41, 5.74) is 2.83. The molecule has 0 amide bonds. The summed E-state index contributed by atoms with van der Waals surface area (Å²) < 4.78 is 6.08. The van der Waals surface area contributed by atoms with Crippen LogP contribution in [0.5, 0.6) is 0 Å². The number of ketones is 1. The van der Waals surface area contributed by atoms with Crippen molar-refractivity contribution < 1.29 is 9.53 Å². The Bertz CT molecular complexity index is 517. The zero-order chi connectivity index (χ0) is 14.3. The quantitative estimate of drug-likeness (QED) is 0.827. The molecule has 112 valence electrons. The van der Waals surface area contributed by atoms with E-state index in [9.17, 15) is 4.79 Å². The maximum Gasteiger partial charge on any atom is 0.139 e. The summed E-state index contributed by atoms with van der Waals surface area (Å²) in [4.78, 5) is 13.0. The minimum Gasteiger partial charge on any atom is -0.375 e. The van der Waals surface area contributed by atoms with E-state index in [0.29, 0.717) is 5.78 Å². The number of ether oxygens (including phenoxy) is 1. The predicted molar refractivity (Wildman–Crippen MR) is 82.2 cm³/mol. The van der Waals surface area contributed by atoms with Crippen molar-refractivity contribution in [3.63, 3.8) is 0 Å². The zero-order valence-electron chi connectivity index (χ0n) is 12.6. The van der Waals surface area contributed by atoms with E-state index in [0.717, 1.165) is 32.3 Å². The molecule has 0 bridgehead atoms. The van der Waals surface area contributed by atoms with Crippen LogP contribution in [0.15, 0.2) is 24.3 Å². The van der Waals surface area contributed by atoms with Gasteiger partial charge in [-0.3, -0.25) is 4.79 Å². The van der Waals surface area contributed by atoms with Gasteiger partial charge in [0, 0.05) is 18.4 Å². The summed E-state index contributed by atoms with van der Waals surface area (Å²) in [6.07, 6.45) is 8.72. The van der Waals surface area contributed by atoms with Crippen LogP contribution in [-0.2, 0) is 22.4 Å². The van der Waals surface area contributed by atoms with E-state index in [1.165, 1.54) is 36.8 Å². The van der Waals surface area contributed by atoms with Crippen LogP contribution in [0.25, 0.3) is 0 Å². The Kier molecular flexibility index (Phi) is 3.37. The van der Waals surface area contributed by atoms with Gasteiger partial charge in [0.15, 0.2) is 0 Å². The Balaban J connectivity index is 1.46. The lowest BCUT2D eigenvalue weighted by Gasteiger charge is -2.38. The molecule has 1 aromatic carbocycles. The van der Waals surface area contributed by atoms with Crippen molar-refractivity contribution in [2.75, 3.05) is 6.61 Å². The van der Waals surface area contributed by atoms with Gasteiger partial charge in [-0.15, -0.1) is 0 Å². The first-order chi connectivity index (χ1) is 10.3. The fraction of sp³-hybridized carbons (Fsp3) is 0.632. The molecule has 1 atom stereocenters. The highest BCUT2D eigenvalue weighted by molar-refractivity contribution is 5.85. The Labute approximate surface area is 126 Å². The lowest BCUT2D eigenvalue weighted by molar-refractivity contribution is -0.139. The first-order valence-corrected chi connectivity index (χ1v) is 8.50. The van der Waals surface area contributed by atoms with Crippen LogP contribution in [-0.4, -0.2) is 18.0 Å². The second-order valence-corrected chi connectivity index (χ2v) is 7.20. The molecule has 2 fully saturated rings. The Morgan fingerprint density at radius 3 is 2.38 bits per heavy atom. The van der Waals surface area contributed by atoms with E-state index in [1.807, 2.05) is 0 Å². The summed E-state index contributed by atoms with van der Waals surface area (Å²) in [7, 11) is 0. The van der Waals surface area contributed by atoms with E-state index >= 15 is 0 Å². The average Bonchev–Trinajstić information content (AvgIpc) is 3.13. The molecule has 1 spiro atoms. The molecule has 1 heterocycles. The Hall–Kier alpha value is -1.15. The van der Waals surface area contributed by atoms with Crippen molar-refractivity contribution >= 4 is 5.78 Å². The highest BCUT2D eigenvalue weighted by atomic mass is 16.5. The molecule has 2 aliphatic carbocycles. The molecule has 1 saturated carbocycles. The highest BCUT2D eigenvalue weighted by Crippen LogP contribution is 2.43. The molecule has 2 nitrogen and oxygen atoms in total. The van der Waals surface area contributed by atoms with Crippen molar-refractivity contribution in [2.45, 2.75) is 57.0 Å². The van der Waals surface area contributed by atoms with Gasteiger partial charge in [-0.2, -0.15) is 0 Å². The highest BCUT2D eigenvalue weighted by Gasteiger charge is 2.43. The van der Waals surface area contributed by atoms with Crippen LogP contribution < -0.4 is 0 Å². The third-order valence-electron chi connectivity index (χ3n) is 5.86. The van der Waals surface area contributed by atoms with Crippen LogP contribution in [0.1, 0.15) is 49.7 Å². The van der Waals surface area contributed by atoms with E-state index in [-0.39, 0.29) is 17.4 Å². The van der Waals surface area contributed by atoms with Crippen LogP contribution >= 0.6 is 0 Å². The molecule has 0 N–H and O–H groups in total. The molecule has 3 aliphatic rings. The lowest BCUT2D eigenvalue weighted by Crippen LogP contribution is -2.41. The summed E-state index contributed by atoms with van der Waals surface area (Å²) in [5, 5.41) is 0. The fourth-order valence-electron chi connectivity index (χ4n) is 4.73. The monoisotopic (exact) mass is 284 g/mol. The summed E-state index contributed by atoms with van der Waals surface area (Å²) >= 11 is 0. The SMILES string of the molecule is O=C(C1Cc2ccccc2C1)C1CCOC2(CCCC2)C1. The van der Waals surface area contributed by atoms with Crippen molar-refractivity contribution in [3.05, 3.63) is 35.4 Å². The van der Waals surface area contributed by atoms with Gasteiger partial charge in [-0.05, 0) is 49.7 Å². The number of carbonyl (C=O) groups is 1. The number of hydrogen-bond acceptors (Lipinski definition) is 2. The summed E-state index contributed by atoms with van der Waals surface area (Å²) in [6.45, 7) is 0.788. The number of benzene rings is 1. The molecule has 1 aliphatic heterocycles. The van der Waals surface area contributed by atoms with E-state index in [2.05, 4.69) is 24.3 Å². The molecule has 0 radical (unpaired) electrons. The number of Topliss-reactive ketones (excluding diaryl/α,β-unsaturated/α-hetero) is 1. The second kappa shape index (κ2) is 5.24. The van der Waals surface area contributed by atoms with Gasteiger partial charge in [0.25, 0.3) is 0 Å². The van der Waals surface area contributed by atoms with Crippen LogP contribution in [0.4, 0.5) is 0 Å². The predicted octanol–water partition coefficient (Wildman–Crippen LogP) is 3.71. The van der Waals surface area contributed by atoms with Crippen molar-refractivity contribution in [2.24, 2.45) is 11.8 Å². The van der Waals surface area contributed by atoms with Gasteiger partial charge in [0.05, 0.1) is 5.60 Å². The van der Waals surface area contributed by atoms with Gasteiger partial charge in [0.1, 0.15) is 5.78 Å². The third-order valence-corrected chi connectivity index (χ3v) is 5.86. The first-order valence-electron chi connectivity index (χ1n) is 8.50. The topological polar surface area (TPSA) is 26.3 Å². The van der Waals surface area contributed by atoms with E-state index < -0.39 is 0 Å². The maximum atomic E-state index is 13.0. The van der Waals surface area contributed by atoms with Gasteiger partial charge in [0.2, 0.25) is 0 Å². The molecule has 1 unspecified atom stereocenters. The Morgan fingerprint density at radius 1 is 1.05 bits per heavy atom. The number of rotatable bonds is 2.